The fourth-order valence-corrected chi connectivity index (χ4v) is 7.96. The number of carboxylic acids is 1. The molecule has 6 rings (SSSR count). The average Bonchev–Trinajstić information content (AvgIpc) is 3.62. The molecule has 0 unspecified atom stereocenters. The second-order valence-corrected chi connectivity index (χ2v) is 15.3. The molecule has 13 nitrogen and oxygen atoms in total. The lowest BCUT2D eigenvalue weighted by Crippen LogP contribution is -2.23. The first kappa shape index (κ1) is 34.8. The lowest BCUT2D eigenvalue weighted by molar-refractivity contribution is -0.134. The maximum atomic E-state index is 14.3. The molecule has 0 atom stereocenters. The van der Waals surface area contributed by atoms with Crippen LogP contribution in [0.3, 0.4) is 0 Å². The molecule has 0 spiro atoms. The van der Waals surface area contributed by atoms with Gasteiger partial charge in [-0.3, -0.25) is 14.3 Å². The molecular weight excluding hydrogens is 702 g/mol. The van der Waals surface area contributed by atoms with Crippen LogP contribution in [0.2, 0.25) is 0 Å². The second kappa shape index (κ2) is 13.0. The number of ketones is 1. The average molecular weight is 732 g/mol. The van der Waals surface area contributed by atoms with Crippen LogP contribution in [0.5, 0.6) is 11.5 Å². The summed E-state index contributed by atoms with van der Waals surface area (Å²) in [4.78, 5) is 25.3. The van der Waals surface area contributed by atoms with Crippen LogP contribution in [-0.4, -0.2) is 53.2 Å². The van der Waals surface area contributed by atoms with Gasteiger partial charge in [0.15, 0.2) is 17.3 Å². The molecule has 6 aromatic rings. The molecule has 0 saturated heterocycles. The second-order valence-electron chi connectivity index (χ2n) is 11.8. The predicted octanol–water partition coefficient (Wildman–Crippen LogP) is 5.56. The highest BCUT2D eigenvalue weighted by molar-refractivity contribution is 7.93. The number of nitrogen functional groups attached to an aromatic ring is 1. The van der Waals surface area contributed by atoms with Crippen molar-refractivity contribution in [2.24, 2.45) is 0 Å². The largest absolute Gasteiger partial charge is 0.480 e. The summed E-state index contributed by atoms with van der Waals surface area (Å²) >= 11 is 0. The lowest BCUT2D eigenvalue weighted by atomic mass is 10.1. The van der Waals surface area contributed by atoms with Gasteiger partial charge in [-0.05, 0) is 92.6 Å². The number of aliphatic carboxylic acids is 1. The summed E-state index contributed by atoms with van der Waals surface area (Å²) in [6.45, 7) is 5.06. The van der Waals surface area contributed by atoms with Crippen molar-refractivity contribution in [1.29, 1.82) is 0 Å². The molecule has 0 aliphatic heterocycles. The van der Waals surface area contributed by atoms with Crippen LogP contribution in [0.1, 0.15) is 32.7 Å². The summed E-state index contributed by atoms with van der Waals surface area (Å²) in [5.74, 6) is -3.87. The molecule has 51 heavy (non-hydrogen) atoms. The van der Waals surface area contributed by atoms with Crippen LogP contribution in [0.15, 0.2) is 96.0 Å². The molecular formula is C35H30FN5O8S2. The highest BCUT2D eigenvalue weighted by Crippen LogP contribution is 2.34. The molecule has 0 aliphatic rings. The first-order chi connectivity index (χ1) is 24.1. The zero-order valence-corrected chi connectivity index (χ0v) is 28.9. The van der Waals surface area contributed by atoms with E-state index < -0.39 is 43.4 Å². The summed E-state index contributed by atoms with van der Waals surface area (Å²) in [5.41, 5.74) is 8.12. The molecule has 0 bridgehead atoms. The minimum Gasteiger partial charge on any atom is -0.480 e. The number of rotatable bonds is 11. The number of para-hydroxylation sites is 1. The number of carboxylic acid groups (broad SMARTS) is 1. The normalized spacial score (nSPS) is 11.8. The number of sulfonamides is 1. The molecule has 0 saturated carbocycles. The number of nitrogens with one attached hydrogen (secondary N) is 1. The van der Waals surface area contributed by atoms with Crippen molar-refractivity contribution < 1.29 is 40.7 Å². The predicted molar refractivity (Wildman–Crippen MR) is 188 cm³/mol. The highest BCUT2D eigenvalue weighted by atomic mass is 32.2. The minimum absolute atomic E-state index is 0.0343. The Kier molecular flexibility index (Phi) is 8.91. The number of halogens is 1. The van der Waals surface area contributed by atoms with Crippen molar-refractivity contribution in [3.63, 3.8) is 0 Å². The van der Waals surface area contributed by atoms with E-state index in [2.05, 4.69) is 9.82 Å². The van der Waals surface area contributed by atoms with Crippen molar-refractivity contribution in [1.82, 2.24) is 13.8 Å². The van der Waals surface area contributed by atoms with Gasteiger partial charge in [-0.15, -0.1) is 0 Å². The van der Waals surface area contributed by atoms with Gasteiger partial charge in [0.1, 0.15) is 17.3 Å². The fourth-order valence-electron chi connectivity index (χ4n) is 5.50. The number of carbonyl (C=O) groups excluding carboxylic acids is 1. The first-order valence-corrected chi connectivity index (χ1v) is 18.3. The Morgan fingerprint density at radius 1 is 0.922 bits per heavy atom. The van der Waals surface area contributed by atoms with E-state index in [0.29, 0.717) is 22.6 Å². The summed E-state index contributed by atoms with van der Waals surface area (Å²) in [6, 6.07) is 20.8. The van der Waals surface area contributed by atoms with E-state index in [9.17, 15) is 30.8 Å². The third kappa shape index (κ3) is 6.78. The van der Waals surface area contributed by atoms with E-state index in [0.717, 1.165) is 9.54 Å². The first-order valence-electron chi connectivity index (χ1n) is 15.2. The number of hydrogen-bond donors (Lipinski definition) is 3. The standard InChI is InChI=1S/C35H30FN5O8S2/c1-20-8-11-25(12-9-20)51(47,48)41-30-17-28(39-50(45,46)19-33(42)43)21(2)14-23(30)16-31(41)34(44)26-18-38-40(35(26)37)29-13-10-24(15-22(29)3)49-32-7-5-4-6-27(32)36/h4-18,39H,19,37H2,1-3H3,(H,42,43). The Bertz CT molecular complexity index is 2600. The van der Waals surface area contributed by atoms with Gasteiger partial charge in [-0.1, -0.05) is 29.8 Å². The van der Waals surface area contributed by atoms with Crippen LogP contribution in [0.25, 0.3) is 16.6 Å². The van der Waals surface area contributed by atoms with Crippen LogP contribution in [-0.2, 0) is 24.8 Å². The number of benzene rings is 4. The monoisotopic (exact) mass is 731 g/mol. The summed E-state index contributed by atoms with van der Waals surface area (Å²) in [7, 11) is -8.86. The van der Waals surface area contributed by atoms with Gasteiger partial charge in [0, 0.05) is 5.39 Å². The summed E-state index contributed by atoms with van der Waals surface area (Å²) in [6.07, 6.45) is 1.21. The molecule has 0 aliphatic carbocycles. The number of nitrogens with two attached hydrogens (primary N) is 1. The summed E-state index contributed by atoms with van der Waals surface area (Å²) < 4.78 is 77.7. The topological polar surface area (TPSA) is 193 Å². The van der Waals surface area contributed by atoms with Gasteiger partial charge in [0.2, 0.25) is 15.8 Å². The number of ether oxygens (including phenoxy) is 1. The molecule has 2 aromatic heterocycles. The van der Waals surface area contributed by atoms with Crippen molar-refractivity contribution in [2.45, 2.75) is 25.7 Å². The zero-order chi connectivity index (χ0) is 36.8. The van der Waals surface area contributed by atoms with Gasteiger partial charge in [-0.25, -0.2) is 29.9 Å². The number of aromatic nitrogens is 3. The van der Waals surface area contributed by atoms with Crippen molar-refractivity contribution in [3.05, 3.63) is 125 Å². The Morgan fingerprint density at radius 2 is 1.63 bits per heavy atom. The van der Waals surface area contributed by atoms with E-state index in [1.165, 1.54) is 53.3 Å². The lowest BCUT2D eigenvalue weighted by Gasteiger charge is -2.14. The van der Waals surface area contributed by atoms with E-state index >= 15 is 0 Å². The zero-order valence-electron chi connectivity index (χ0n) is 27.3. The molecule has 4 aromatic carbocycles. The van der Waals surface area contributed by atoms with Crippen LogP contribution >= 0.6 is 0 Å². The van der Waals surface area contributed by atoms with E-state index in [1.54, 1.807) is 63.2 Å². The van der Waals surface area contributed by atoms with E-state index in [1.807, 2.05) is 0 Å². The molecule has 262 valence electrons. The molecule has 2 heterocycles. The maximum Gasteiger partial charge on any atom is 0.320 e. The van der Waals surface area contributed by atoms with Crippen LogP contribution in [0.4, 0.5) is 15.9 Å². The van der Waals surface area contributed by atoms with Gasteiger partial charge in [0.05, 0.1) is 33.5 Å². The maximum absolute atomic E-state index is 14.3. The Labute approximate surface area is 291 Å². The number of nitrogens with zero attached hydrogens (tertiary/aromatic N) is 3. The van der Waals surface area contributed by atoms with Gasteiger partial charge >= 0.3 is 5.97 Å². The van der Waals surface area contributed by atoms with Gasteiger partial charge < -0.3 is 15.6 Å². The molecule has 16 heteroatoms. The van der Waals surface area contributed by atoms with Crippen LogP contribution in [0, 0.1) is 26.6 Å². The highest BCUT2D eigenvalue weighted by Gasteiger charge is 2.30. The summed E-state index contributed by atoms with van der Waals surface area (Å²) in [5, 5.41) is 13.6. The van der Waals surface area contributed by atoms with E-state index in [4.69, 9.17) is 15.6 Å². The Balaban J connectivity index is 1.45. The number of carbonyl (C=O) groups is 2. The third-order valence-electron chi connectivity index (χ3n) is 7.99. The third-order valence-corrected chi connectivity index (χ3v) is 10.9. The van der Waals surface area contributed by atoms with Crippen molar-refractivity contribution >= 4 is 54.2 Å². The smallest absolute Gasteiger partial charge is 0.320 e. The number of hydrogen-bond acceptors (Lipinski definition) is 9. The Morgan fingerprint density at radius 3 is 2.29 bits per heavy atom. The quantitative estimate of drug-likeness (QED) is 0.142. The number of fused-ring (bicyclic) bond motifs is 1. The molecule has 0 fully saturated rings. The van der Waals surface area contributed by atoms with Crippen LogP contribution < -0.4 is 15.2 Å². The number of anilines is 2. The Hall–Kier alpha value is -6.00. The van der Waals surface area contributed by atoms with Gasteiger partial charge in [-0.2, -0.15) is 5.10 Å². The molecule has 4 N–H and O–H groups in total. The molecule has 0 amide bonds. The fraction of sp³-hybridized carbons (Fsp3) is 0.114. The SMILES string of the molecule is Cc1ccc(S(=O)(=O)n2c(C(=O)c3cnn(-c4ccc(Oc5ccccc5F)cc4C)c3N)cc3cc(C)c(NS(=O)(=O)CC(=O)O)cc32)cc1. The number of aryl methyl sites for hydroxylation is 3. The van der Waals surface area contributed by atoms with Gasteiger partial charge in [0.25, 0.3) is 10.0 Å². The van der Waals surface area contributed by atoms with E-state index in [-0.39, 0.29) is 44.3 Å². The van der Waals surface area contributed by atoms with Crippen molar-refractivity contribution in [2.75, 3.05) is 16.2 Å². The minimum atomic E-state index is -4.50. The van der Waals surface area contributed by atoms with Crippen molar-refractivity contribution in [3.8, 4) is 17.2 Å². The molecule has 0 radical (unpaired) electrons.